The Morgan fingerprint density at radius 3 is 2.48 bits per heavy atom. The molecule has 1 heterocycles. The number of hydrogen-bond acceptors (Lipinski definition) is 4. The molecular weight excluding hydrogens is 413 g/mol. The summed E-state index contributed by atoms with van der Waals surface area (Å²) in [5.74, 6) is -4.15. The van der Waals surface area contributed by atoms with Gasteiger partial charge < -0.3 is 15.2 Å². The SMILES string of the molecule is COc1ccc(C(=O)N[C@@H](CC(=O)O)c2ccccc2F)nc1-c1cc(F)ccc1F. The smallest absolute Gasteiger partial charge is 0.305 e. The zero-order valence-electron chi connectivity index (χ0n) is 16.2. The van der Waals surface area contributed by atoms with Gasteiger partial charge in [0.15, 0.2) is 0 Å². The van der Waals surface area contributed by atoms with Gasteiger partial charge in [0, 0.05) is 11.1 Å². The van der Waals surface area contributed by atoms with E-state index in [9.17, 15) is 22.8 Å². The van der Waals surface area contributed by atoms with Gasteiger partial charge in [0.25, 0.3) is 5.91 Å². The van der Waals surface area contributed by atoms with E-state index in [1.807, 2.05) is 0 Å². The zero-order chi connectivity index (χ0) is 22.5. The van der Waals surface area contributed by atoms with Gasteiger partial charge in [-0.15, -0.1) is 0 Å². The number of amides is 1. The number of pyridine rings is 1. The number of hydrogen-bond donors (Lipinski definition) is 2. The van der Waals surface area contributed by atoms with Gasteiger partial charge in [0.1, 0.15) is 34.6 Å². The second kappa shape index (κ2) is 9.29. The third kappa shape index (κ3) is 5.00. The van der Waals surface area contributed by atoms with E-state index in [1.165, 1.54) is 37.4 Å². The minimum Gasteiger partial charge on any atom is -0.494 e. The van der Waals surface area contributed by atoms with Crippen LogP contribution in [0.25, 0.3) is 11.3 Å². The summed E-state index contributed by atoms with van der Waals surface area (Å²) in [7, 11) is 1.30. The molecule has 0 aliphatic rings. The number of nitrogens with one attached hydrogen (secondary N) is 1. The minimum absolute atomic E-state index is 0.0110. The second-order valence-electron chi connectivity index (χ2n) is 6.52. The van der Waals surface area contributed by atoms with E-state index in [0.717, 1.165) is 24.3 Å². The number of carbonyl (C=O) groups excluding carboxylic acids is 1. The van der Waals surface area contributed by atoms with Crippen molar-refractivity contribution in [3.63, 3.8) is 0 Å². The largest absolute Gasteiger partial charge is 0.494 e. The molecule has 3 rings (SSSR count). The van der Waals surface area contributed by atoms with E-state index in [4.69, 9.17) is 9.84 Å². The number of carbonyl (C=O) groups is 2. The maximum Gasteiger partial charge on any atom is 0.305 e. The van der Waals surface area contributed by atoms with E-state index >= 15 is 0 Å². The summed E-state index contributed by atoms with van der Waals surface area (Å²) in [6.07, 6.45) is -0.575. The maximum absolute atomic E-state index is 14.3. The summed E-state index contributed by atoms with van der Waals surface area (Å²) >= 11 is 0. The van der Waals surface area contributed by atoms with Crippen molar-refractivity contribution in [3.8, 4) is 17.0 Å². The predicted molar refractivity (Wildman–Crippen MR) is 105 cm³/mol. The monoisotopic (exact) mass is 430 g/mol. The van der Waals surface area contributed by atoms with Gasteiger partial charge in [-0.1, -0.05) is 18.2 Å². The first kappa shape index (κ1) is 21.8. The van der Waals surface area contributed by atoms with E-state index in [0.29, 0.717) is 0 Å². The second-order valence-corrected chi connectivity index (χ2v) is 6.52. The highest BCUT2D eigenvalue weighted by Crippen LogP contribution is 2.31. The van der Waals surface area contributed by atoms with Crippen LogP contribution in [0, 0.1) is 17.5 Å². The van der Waals surface area contributed by atoms with Crippen LogP contribution in [0.15, 0.2) is 54.6 Å². The first-order valence-corrected chi connectivity index (χ1v) is 9.07. The summed E-state index contributed by atoms with van der Waals surface area (Å²) < 4.78 is 47.2. The molecule has 160 valence electrons. The Bertz CT molecular complexity index is 1140. The molecule has 0 unspecified atom stereocenters. The van der Waals surface area contributed by atoms with Crippen LogP contribution in [0.3, 0.4) is 0 Å². The molecule has 0 saturated heterocycles. The number of rotatable bonds is 7. The number of benzene rings is 2. The molecule has 6 nitrogen and oxygen atoms in total. The molecule has 0 fully saturated rings. The predicted octanol–water partition coefficient (Wildman–Crippen LogP) is 4.12. The maximum atomic E-state index is 14.3. The standard InChI is InChI=1S/C22H17F3N2O4/c1-31-19-9-8-17(26-21(19)14-10-12(23)6-7-16(14)25)22(30)27-18(11-20(28)29)13-4-2-3-5-15(13)24/h2-10,18H,11H2,1H3,(H,27,30)(H,28,29)/t18-/m0/s1. The van der Waals surface area contributed by atoms with Crippen molar-refractivity contribution in [1.29, 1.82) is 0 Å². The Kier molecular flexibility index (Phi) is 6.54. The lowest BCUT2D eigenvalue weighted by molar-refractivity contribution is -0.137. The molecule has 0 aliphatic heterocycles. The van der Waals surface area contributed by atoms with Crippen molar-refractivity contribution in [3.05, 3.63) is 83.3 Å². The highest BCUT2D eigenvalue weighted by atomic mass is 19.1. The van der Waals surface area contributed by atoms with Crippen molar-refractivity contribution in [2.24, 2.45) is 0 Å². The van der Waals surface area contributed by atoms with Crippen molar-refractivity contribution in [1.82, 2.24) is 10.3 Å². The fourth-order valence-electron chi connectivity index (χ4n) is 3.01. The van der Waals surface area contributed by atoms with Gasteiger partial charge in [0.05, 0.1) is 19.6 Å². The Hall–Kier alpha value is -3.88. The molecule has 9 heteroatoms. The lowest BCUT2D eigenvalue weighted by Crippen LogP contribution is -2.31. The Morgan fingerprint density at radius 1 is 1.06 bits per heavy atom. The molecule has 31 heavy (non-hydrogen) atoms. The van der Waals surface area contributed by atoms with Crippen LogP contribution in [0.2, 0.25) is 0 Å². The lowest BCUT2D eigenvalue weighted by atomic mass is 10.0. The Balaban J connectivity index is 1.98. The molecule has 1 atom stereocenters. The van der Waals surface area contributed by atoms with E-state index in [2.05, 4.69) is 10.3 Å². The molecule has 3 aromatic rings. The quantitative estimate of drug-likeness (QED) is 0.589. The van der Waals surface area contributed by atoms with Crippen molar-refractivity contribution in [2.75, 3.05) is 7.11 Å². The Labute approximate surface area is 175 Å². The van der Waals surface area contributed by atoms with Crippen LogP contribution in [-0.4, -0.2) is 29.1 Å². The van der Waals surface area contributed by atoms with Crippen LogP contribution < -0.4 is 10.1 Å². The number of aromatic nitrogens is 1. The molecule has 0 saturated carbocycles. The molecule has 0 bridgehead atoms. The van der Waals surface area contributed by atoms with E-state index < -0.39 is 41.8 Å². The number of ether oxygens (including phenoxy) is 1. The highest BCUT2D eigenvalue weighted by molar-refractivity contribution is 5.93. The first-order chi connectivity index (χ1) is 14.8. The first-order valence-electron chi connectivity index (χ1n) is 9.07. The van der Waals surface area contributed by atoms with Gasteiger partial charge >= 0.3 is 5.97 Å². The number of methoxy groups -OCH3 is 1. The molecule has 0 aliphatic carbocycles. The summed E-state index contributed by atoms with van der Waals surface area (Å²) in [6, 6.07) is 9.65. The molecule has 0 radical (unpaired) electrons. The fraction of sp³-hybridized carbons (Fsp3) is 0.136. The molecule has 1 aromatic heterocycles. The van der Waals surface area contributed by atoms with Crippen LogP contribution >= 0.6 is 0 Å². The molecule has 2 aromatic carbocycles. The van der Waals surface area contributed by atoms with Gasteiger partial charge in [-0.2, -0.15) is 0 Å². The summed E-state index contributed by atoms with van der Waals surface area (Å²) in [4.78, 5) is 28.1. The summed E-state index contributed by atoms with van der Waals surface area (Å²) in [5, 5.41) is 11.6. The van der Waals surface area contributed by atoms with Crippen LogP contribution in [-0.2, 0) is 4.79 Å². The number of carboxylic acid groups (broad SMARTS) is 1. The number of halogens is 3. The van der Waals surface area contributed by atoms with Gasteiger partial charge in [0.2, 0.25) is 0 Å². The van der Waals surface area contributed by atoms with Gasteiger partial charge in [-0.25, -0.2) is 18.2 Å². The van der Waals surface area contributed by atoms with Crippen LogP contribution in [0.4, 0.5) is 13.2 Å². The van der Waals surface area contributed by atoms with Crippen LogP contribution in [0.5, 0.6) is 5.75 Å². The zero-order valence-corrected chi connectivity index (χ0v) is 16.2. The molecular formula is C22H17F3N2O4. The topological polar surface area (TPSA) is 88.5 Å². The van der Waals surface area contributed by atoms with Gasteiger partial charge in [-0.05, 0) is 36.4 Å². The average molecular weight is 430 g/mol. The normalized spacial score (nSPS) is 11.6. The molecule has 1 amide bonds. The number of carboxylic acids is 1. The highest BCUT2D eigenvalue weighted by Gasteiger charge is 2.23. The molecule has 0 spiro atoms. The fourth-order valence-corrected chi connectivity index (χ4v) is 3.01. The van der Waals surface area contributed by atoms with E-state index in [1.54, 1.807) is 0 Å². The Morgan fingerprint density at radius 2 is 1.81 bits per heavy atom. The van der Waals surface area contributed by atoms with Crippen molar-refractivity contribution in [2.45, 2.75) is 12.5 Å². The van der Waals surface area contributed by atoms with Gasteiger partial charge in [-0.3, -0.25) is 9.59 Å². The third-order valence-corrected chi connectivity index (χ3v) is 4.46. The van der Waals surface area contributed by atoms with E-state index in [-0.39, 0.29) is 28.3 Å². The van der Waals surface area contributed by atoms with Crippen molar-refractivity contribution < 1.29 is 32.6 Å². The summed E-state index contributed by atoms with van der Waals surface area (Å²) in [6.45, 7) is 0. The molecule has 2 N–H and O–H groups in total. The van der Waals surface area contributed by atoms with Crippen molar-refractivity contribution >= 4 is 11.9 Å². The number of nitrogens with zero attached hydrogens (tertiary/aromatic N) is 1. The summed E-state index contributed by atoms with van der Waals surface area (Å²) in [5.41, 5.74) is -0.565. The number of aliphatic carboxylic acids is 1. The third-order valence-electron chi connectivity index (χ3n) is 4.46. The average Bonchev–Trinajstić information content (AvgIpc) is 2.74. The minimum atomic E-state index is -1.25. The lowest BCUT2D eigenvalue weighted by Gasteiger charge is -2.18. The van der Waals surface area contributed by atoms with Crippen LogP contribution in [0.1, 0.15) is 28.5 Å².